The summed E-state index contributed by atoms with van der Waals surface area (Å²) in [6.45, 7) is 2.87. The van der Waals surface area contributed by atoms with E-state index in [4.69, 9.17) is 4.74 Å². The average Bonchev–Trinajstić information content (AvgIpc) is 2.77. The van der Waals surface area contributed by atoms with Gasteiger partial charge in [0.2, 0.25) is 5.91 Å². The first kappa shape index (κ1) is 24.2. The van der Waals surface area contributed by atoms with Crippen LogP contribution in [0.2, 0.25) is 0 Å². The van der Waals surface area contributed by atoms with Crippen molar-refractivity contribution in [1.29, 1.82) is 5.26 Å². The van der Waals surface area contributed by atoms with Crippen molar-refractivity contribution in [1.82, 2.24) is 9.88 Å². The molecule has 0 aliphatic carbocycles. The van der Waals surface area contributed by atoms with Gasteiger partial charge >= 0.3 is 0 Å². The zero-order valence-corrected chi connectivity index (χ0v) is 20.0. The Bertz CT molecular complexity index is 1250. The Labute approximate surface area is 200 Å². The molecule has 0 radical (unpaired) electrons. The molecule has 0 atom stereocenters. The predicted octanol–water partition coefficient (Wildman–Crippen LogP) is 5.21. The number of aromatic nitrogens is 1. The van der Waals surface area contributed by atoms with Crippen LogP contribution in [0.3, 0.4) is 0 Å². The number of hydrogen-bond donors (Lipinski definition) is 2. The lowest BCUT2D eigenvalue weighted by atomic mass is 10.1. The minimum atomic E-state index is -0.394. The molecule has 2 N–H and O–H groups in total. The lowest BCUT2D eigenvalue weighted by Gasteiger charge is -2.16. The van der Waals surface area contributed by atoms with Crippen LogP contribution in [0.25, 0.3) is 10.9 Å². The number of nitrogens with one attached hydrogen (secondary N) is 2. The van der Waals surface area contributed by atoms with Crippen LogP contribution in [-0.4, -0.2) is 43.0 Å². The molecular weight excluding hydrogens is 489 g/mol. The van der Waals surface area contributed by atoms with Crippen molar-refractivity contribution in [3.05, 3.63) is 64.5 Å². The van der Waals surface area contributed by atoms with Crippen LogP contribution < -0.4 is 15.4 Å². The third-order valence-corrected chi connectivity index (χ3v) is 5.18. The Kier molecular flexibility index (Phi) is 7.98. The molecule has 1 amide bonds. The monoisotopic (exact) mass is 511 g/mol. The number of rotatable bonds is 8. The molecule has 0 aliphatic rings. The van der Waals surface area contributed by atoms with Crippen LogP contribution in [0, 0.1) is 17.1 Å². The fourth-order valence-corrected chi connectivity index (χ4v) is 3.45. The number of anilines is 3. The number of pyridine rings is 1. The number of nitrogens with zero attached hydrogens (tertiary/aromatic N) is 3. The van der Waals surface area contributed by atoms with Crippen molar-refractivity contribution < 1.29 is 13.9 Å². The van der Waals surface area contributed by atoms with Crippen LogP contribution in [0.15, 0.2) is 53.2 Å². The summed E-state index contributed by atoms with van der Waals surface area (Å²) in [6.07, 6.45) is 4.67. The van der Waals surface area contributed by atoms with Gasteiger partial charge in [0, 0.05) is 36.0 Å². The highest BCUT2D eigenvalue weighted by Crippen LogP contribution is 2.36. The van der Waals surface area contributed by atoms with Crippen LogP contribution >= 0.6 is 15.9 Å². The quantitative estimate of drug-likeness (QED) is 0.403. The molecule has 1 heterocycles. The highest BCUT2D eigenvalue weighted by molar-refractivity contribution is 9.10. The Morgan fingerprint density at radius 3 is 2.79 bits per heavy atom. The highest BCUT2D eigenvalue weighted by atomic mass is 79.9. The number of hydrogen-bond acceptors (Lipinski definition) is 6. The summed E-state index contributed by atoms with van der Waals surface area (Å²) in [6, 6.07) is 10.0. The van der Waals surface area contributed by atoms with E-state index in [1.165, 1.54) is 18.3 Å². The SMILES string of the molecule is CCOc1cc2ncc(C#N)c(Nc3ccc(F)c(Br)c3)c2cc1NC(=O)/C=C/CN(C)C. The van der Waals surface area contributed by atoms with Crippen molar-refractivity contribution in [2.24, 2.45) is 0 Å². The van der Waals surface area contributed by atoms with Gasteiger partial charge in [-0.3, -0.25) is 9.78 Å². The number of carbonyl (C=O) groups excluding carboxylic acids is 1. The lowest BCUT2D eigenvalue weighted by molar-refractivity contribution is -0.111. The first-order valence-corrected chi connectivity index (χ1v) is 11.0. The Hall–Kier alpha value is -3.48. The maximum absolute atomic E-state index is 13.7. The maximum atomic E-state index is 13.7. The lowest BCUT2D eigenvalue weighted by Crippen LogP contribution is -2.13. The van der Waals surface area contributed by atoms with Crippen LogP contribution in [0.5, 0.6) is 5.75 Å². The van der Waals surface area contributed by atoms with E-state index < -0.39 is 5.82 Å². The van der Waals surface area contributed by atoms with E-state index in [2.05, 4.69) is 37.6 Å². The third kappa shape index (κ3) is 6.06. The van der Waals surface area contributed by atoms with Crippen LogP contribution in [0.1, 0.15) is 12.5 Å². The molecule has 3 aromatic rings. The van der Waals surface area contributed by atoms with E-state index in [1.54, 1.807) is 30.3 Å². The molecule has 0 spiro atoms. The fourth-order valence-electron chi connectivity index (χ4n) is 3.08. The van der Waals surface area contributed by atoms with E-state index in [0.29, 0.717) is 56.9 Å². The topological polar surface area (TPSA) is 90.3 Å². The number of benzene rings is 2. The summed E-state index contributed by atoms with van der Waals surface area (Å²) in [5.41, 5.74) is 2.39. The smallest absolute Gasteiger partial charge is 0.248 e. The molecule has 2 aromatic carbocycles. The van der Waals surface area contributed by atoms with Gasteiger partial charge in [-0.05, 0) is 61.2 Å². The van der Waals surface area contributed by atoms with Crippen LogP contribution in [-0.2, 0) is 4.79 Å². The normalized spacial score (nSPS) is 11.1. The van der Waals surface area contributed by atoms with Gasteiger partial charge in [-0.15, -0.1) is 0 Å². The minimum absolute atomic E-state index is 0.292. The standard InChI is InChI=1S/C24H23BrFN5O2/c1-4-33-22-12-20-17(11-21(22)30-23(32)6-5-9-31(2)3)24(15(13-27)14-28-20)29-16-7-8-19(26)18(25)10-16/h5-8,10-12,14H,4,9H2,1-3H3,(H,28,29)(H,30,32)/b6-5+. The number of nitriles is 1. The van der Waals surface area contributed by atoms with Gasteiger partial charge in [0.05, 0.1) is 33.5 Å². The van der Waals surface area contributed by atoms with E-state index >= 15 is 0 Å². The van der Waals surface area contributed by atoms with Gasteiger partial charge in [0.15, 0.2) is 0 Å². The van der Waals surface area contributed by atoms with E-state index in [9.17, 15) is 14.4 Å². The first-order valence-electron chi connectivity index (χ1n) is 10.2. The van der Waals surface area contributed by atoms with Gasteiger partial charge in [-0.25, -0.2) is 4.39 Å². The highest BCUT2D eigenvalue weighted by Gasteiger charge is 2.15. The number of carbonyl (C=O) groups is 1. The summed E-state index contributed by atoms with van der Waals surface area (Å²) < 4.78 is 19.7. The van der Waals surface area contributed by atoms with Gasteiger partial charge in [-0.2, -0.15) is 5.26 Å². The summed E-state index contributed by atoms with van der Waals surface area (Å²) >= 11 is 3.17. The summed E-state index contributed by atoms with van der Waals surface area (Å²) in [5, 5.41) is 16.3. The molecule has 0 saturated heterocycles. The average molecular weight is 512 g/mol. The third-order valence-electron chi connectivity index (χ3n) is 4.58. The maximum Gasteiger partial charge on any atom is 0.248 e. The van der Waals surface area contributed by atoms with Gasteiger partial charge < -0.3 is 20.3 Å². The van der Waals surface area contributed by atoms with E-state index in [0.717, 1.165) is 0 Å². The predicted molar refractivity (Wildman–Crippen MR) is 131 cm³/mol. The fraction of sp³-hybridized carbons (Fsp3) is 0.208. The van der Waals surface area contributed by atoms with Gasteiger partial charge in [0.25, 0.3) is 0 Å². The van der Waals surface area contributed by atoms with Crippen molar-refractivity contribution >= 4 is 49.8 Å². The summed E-state index contributed by atoms with van der Waals surface area (Å²) in [5.74, 6) is -0.236. The van der Waals surface area contributed by atoms with Crippen molar-refractivity contribution in [2.45, 2.75) is 6.92 Å². The van der Waals surface area contributed by atoms with Crippen molar-refractivity contribution in [2.75, 3.05) is 37.9 Å². The molecule has 0 fully saturated rings. The molecule has 0 unspecified atom stereocenters. The first-order chi connectivity index (χ1) is 15.8. The van der Waals surface area contributed by atoms with E-state index in [1.807, 2.05) is 25.9 Å². The van der Waals surface area contributed by atoms with Gasteiger partial charge in [0.1, 0.15) is 17.6 Å². The molecule has 0 bridgehead atoms. The molecule has 9 heteroatoms. The van der Waals surface area contributed by atoms with Crippen molar-refractivity contribution in [3.63, 3.8) is 0 Å². The molecule has 1 aromatic heterocycles. The molecule has 0 saturated carbocycles. The molecule has 0 aliphatic heterocycles. The molecule has 3 rings (SSSR count). The number of ether oxygens (including phenoxy) is 1. The Morgan fingerprint density at radius 2 is 2.12 bits per heavy atom. The molecule has 170 valence electrons. The minimum Gasteiger partial charge on any atom is -0.492 e. The van der Waals surface area contributed by atoms with E-state index in [-0.39, 0.29) is 5.91 Å². The summed E-state index contributed by atoms with van der Waals surface area (Å²) in [7, 11) is 3.82. The number of fused-ring (bicyclic) bond motifs is 1. The second-order valence-corrected chi connectivity index (χ2v) is 8.22. The van der Waals surface area contributed by atoms with Gasteiger partial charge in [-0.1, -0.05) is 6.08 Å². The number of likely N-dealkylation sites (N-methyl/N-ethyl adjacent to an activating group) is 1. The largest absolute Gasteiger partial charge is 0.492 e. The number of amides is 1. The number of halogens is 2. The summed E-state index contributed by atoms with van der Waals surface area (Å²) in [4.78, 5) is 18.8. The Balaban J connectivity index is 2.07. The zero-order chi connectivity index (χ0) is 24.0. The molecular formula is C24H23BrFN5O2. The van der Waals surface area contributed by atoms with Crippen molar-refractivity contribution in [3.8, 4) is 11.8 Å². The second kappa shape index (κ2) is 10.9. The molecule has 7 nitrogen and oxygen atoms in total. The second-order valence-electron chi connectivity index (χ2n) is 7.36. The zero-order valence-electron chi connectivity index (χ0n) is 18.4. The Morgan fingerprint density at radius 1 is 1.33 bits per heavy atom. The molecule has 33 heavy (non-hydrogen) atoms. The van der Waals surface area contributed by atoms with Crippen LogP contribution in [0.4, 0.5) is 21.5 Å².